The molecule has 1 aromatic carbocycles. The number of rotatable bonds is 4. The lowest BCUT2D eigenvalue weighted by molar-refractivity contribution is -0.130. The van der Waals surface area contributed by atoms with Gasteiger partial charge in [-0.2, -0.15) is 5.10 Å². The van der Waals surface area contributed by atoms with Crippen LogP contribution in [-0.4, -0.2) is 45.1 Å². The van der Waals surface area contributed by atoms with Gasteiger partial charge in [-0.1, -0.05) is 6.07 Å². The second-order valence-corrected chi connectivity index (χ2v) is 7.01. The van der Waals surface area contributed by atoms with Gasteiger partial charge < -0.3 is 14.6 Å². The summed E-state index contributed by atoms with van der Waals surface area (Å²) in [5.41, 5.74) is 0.625. The van der Waals surface area contributed by atoms with Crippen molar-refractivity contribution in [2.75, 3.05) is 14.2 Å². The number of methoxy groups -OCH3 is 2. The largest absolute Gasteiger partial charge is 0.494 e. The van der Waals surface area contributed by atoms with Crippen molar-refractivity contribution in [3.8, 4) is 17.4 Å². The van der Waals surface area contributed by atoms with Crippen LogP contribution in [0.5, 0.6) is 17.4 Å². The molecule has 10 heteroatoms. The molecule has 1 atom stereocenters. The summed E-state index contributed by atoms with van der Waals surface area (Å²) in [6.45, 7) is 1.39. The van der Waals surface area contributed by atoms with E-state index < -0.39 is 11.6 Å². The predicted molar refractivity (Wildman–Crippen MR) is 109 cm³/mol. The summed E-state index contributed by atoms with van der Waals surface area (Å²) in [5.74, 6) is 0.501. The molecule has 154 valence electrons. The van der Waals surface area contributed by atoms with Crippen LogP contribution in [0.3, 0.4) is 0 Å². The van der Waals surface area contributed by atoms with Crippen LogP contribution in [0.4, 0.5) is 0 Å². The third kappa shape index (κ3) is 3.39. The van der Waals surface area contributed by atoms with E-state index in [1.54, 1.807) is 19.2 Å². The Bertz CT molecular complexity index is 1130. The first-order valence-corrected chi connectivity index (χ1v) is 9.20. The number of hydrogen-bond donors (Lipinski definition) is 1. The van der Waals surface area contributed by atoms with Gasteiger partial charge in [0.05, 0.1) is 26.0 Å². The number of aromatic hydroxyl groups is 1. The Balaban J connectivity index is 2.11. The quantitative estimate of drug-likeness (QED) is 0.762. The van der Waals surface area contributed by atoms with Crippen molar-refractivity contribution < 1.29 is 19.4 Å². The van der Waals surface area contributed by atoms with Gasteiger partial charge in [-0.05, 0) is 29.9 Å². The summed E-state index contributed by atoms with van der Waals surface area (Å²) in [6, 6.07) is 4.86. The fourth-order valence-corrected chi connectivity index (χ4v) is 3.53. The van der Waals surface area contributed by atoms with Crippen LogP contribution in [-0.2, 0) is 18.9 Å². The fourth-order valence-electron chi connectivity index (χ4n) is 3.36. The predicted octanol–water partition coefficient (Wildman–Crippen LogP) is 1.87. The molecule has 1 aromatic heterocycles. The van der Waals surface area contributed by atoms with Crippen molar-refractivity contribution in [2.45, 2.75) is 19.4 Å². The zero-order chi connectivity index (χ0) is 21.5. The summed E-state index contributed by atoms with van der Waals surface area (Å²) in [5, 5.41) is 16.2. The maximum Gasteiger partial charge on any atom is 0.267 e. The number of benzene rings is 1. The molecule has 29 heavy (non-hydrogen) atoms. The molecule has 0 aliphatic carbocycles. The maximum atomic E-state index is 12.8. The van der Waals surface area contributed by atoms with E-state index in [2.05, 4.69) is 5.10 Å². The third-order valence-electron chi connectivity index (χ3n) is 4.95. The minimum Gasteiger partial charge on any atom is -0.494 e. The molecule has 1 unspecified atom stereocenters. The molecule has 0 spiro atoms. The lowest BCUT2D eigenvalue weighted by Gasteiger charge is -2.21. The Hall–Kier alpha value is -3.14. The molecule has 1 aliphatic heterocycles. The van der Waals surface area contributed by atoms with E-state index >= 15 is 0 Å². The molecule has 2 aromatic rings. The Kier molecular flexibility index (Phi) is 5.47. The lowest BCUT2D eigenvalue weighted by atomic mass is 9.98. The monoisotopic (exact) mass is 418 g/mol. The topological polar surface area (TPSA) is 98.3 Å². The minimum absolute atomic E-state index is 0.0258. The average Bonchev–Trinajstić information content (AvgIpc) is 3.15. The highest BCUT2D eigenvalue weighted by Crippen LogP contribution is 2.37. The molecular formula is C19H22N4O5S. The summed E-state index contributed by atoms with van der Waals surface area (Å²) in [6.07, 6.45) is 0.245. The van der Waals surface area contributed by atoms with E-state index in [1.165, 1.54) is 42.3 Å². The highest BCUT2D eigenvalue weighted by atomic mass is 32.1. The van der Waals surface area contributed by atoms with Gasteiger partial charge in [0.15, 0.2) is 16.3 Å². The Morgan fingerprint density at radius 1 is 1.21 bits per heavy atom. The number of hydrogen-bond acceptors (Lipinski definition) is 7. The van der Waals surface area contributed by atoms with Crippen molar-refractivity contribution in [2.24, 2.45) is 19.2 Å². The first kappa shape index (κ1) is 20.6. The number of aromatic nitrogens is 2. The van der Waals surface area contributed by atoms with Crippen LogP contribution in [0.1, 0.15) is 30.5 Å². The fraction of sp³-hybridized carbons (Fsp3) is 0.368. The third-order valence-corrected chi connectivity index (χ3v) is 5.50. The van der Waals surface area contributed by atoms with Crippen molar-refractivity contribution in [3.63, 3.8) is 0 Å². The number of hydrazone groups is 1. The SMILES string of the molecule is COc1ccc(C2CC(c3c(O)n(C)c(=S)n(C)c3=O)=NN2C(C)=O)cc1OC. The van der Waals surface area contributed by atoms with Gasteiger partial charge in [0.1, 0.15) is 5.56 Å². The summed E-state index contributed by atoms with van der Waals surface area (Å²) < 4.78 is 13.4. The number of carbonyl (C=O) groups excluding carboxylic acids is 1. The van der Waals surface area contributed by atoms with E-state index in [0.29, 0.717) is 17.2 Å². The molecule has 2 heterocycles. The van der Waals surface area contributed by atoms with E-state index in [4.69, 9.17) is 21.7 Å². The van der Waals surface area contributed by atoms with Crippen LogP contribution >= 0.6 is 12.2 Å². The Morgan fingerprint density at radius 3 is 2.45 bits per heavy atom. The van der Waals surface area contributed by atoms with Gasteiger partial charge in [-0.3, -0.25) is 18.7 Å². The highest BCUT2D eigenvalue weighted by molar-refractivity contribution is 7.71. The molecule has 1 N–H and O–H groups in total. The van der Waals surface area contributed by atoms with Gasteiger partial charge in [-0.15, -0.1) is 0 Å². The van der Waals surface area contributed by atoms with Gasteiger partial charge >= 0.3 is 0 Å². The molecular weight excluding hydrogens is 396 g/mol. The standard InChI is InChI=1S/C19H22N4O5S/c1-10(24)23-13(11-6-7-14(27-4)15(8-11)28-5)9-12(20-23)16-17(25)21(2)19(29)22(3)18(16)26/h6-8,13,25H,9H2,1-5H3. The van der Waals surface area contributed by atoms with Gasteiger partial charge in [0, 0.05) is 27.4 Å². The highest BCUT2D eigenvalue weighted by Gasteiger charge is 2.34. The lowest BCUT2D eigenvalue weighted by Crippen LogP contribution is -2.28. The summed E-state index contributed by atoms with van der Waals surface area (Å²) in [7, 11) is 6.15. The maximum absolute atomic E-state index is 12.8. The normalized spacial score (nSPS) is 16.0. The Labute approximate surface area is 172 Å². The molecule has 1 aliphatic rings. The molecule has 0 saturated heterocycles. The number of amides is 1. The van der Waals surface area contributed by atoms with Crippen LogP contribution < -0.4 is 15.0 Å². The van der Waals surface area contributed by atoms with Crippen LogP contribution in [0.15, 0.2) is 28.1 Å². The van der Waals surface area contributed by atoms with Gasteiger partial charge in [0.25, 0.3) is 5.56 Å². The molecule has 1 amide bonds. The van der Waals surface area contributed by atoms with Crippen molar-refractivity contribution >= 4 is 23.8 Å². The smallest absolute Gasteiger partial charge is 0.267 e. The van der Waals surface area contributed by atoms with Gasteiger partial charge in [0.2, 0.25) is 11.8 Å². The first-order chi connectivity index (χ1) is 13.7. The van der Waals surface area contributed by atoms with E-state index in [0.717, 1.165) is 5.56 Å². The van der Waals surface area contributed by atoms with Crippen LogP contribution in [0.25, 0.3) is 0 Å². The van der Waals surface area contributed by atoms with Crippen molar-refractivity contribution in [1.82, 2.24) is 14.1 Å². The van der Waals surface area contributed by atoms with Crippen molar-refractivity contribution in [3.05, 3.63) is 44.5 Å². The van der Waals surface area contributed by atoms with Crippen LogP contribution in [0, 0.1) is 4.77 Å². The van der Waals surface area contributed by atoms with E-state index in [1.807, 2.05) is 6.07 Å². The molecule has 3 rings (SSSR count). The first-order valence-electron chi connectivity index (χ1n) is 8.79. The molecule has 0 bridgehead atoms. The second-order valence-electron chi connectivity index (χ2n) is 6.65. The minimum atomic E-state index is -0.471. The molecule has 0 radical (unpaired) electrons. The van der Waals surface area contributed by atoms with Crippen molar-refractivity contribution in [1.29, 1.82) is 0 Å². The Morgan fingerprint density at radius 2 is 1.86 bits per heavy atom. The van der Waals surface area contributed by atoms with E-state index in [-0.39, 0.29) is 28.5 Å². The number of nitrogens with zero attached hydrogens (tertiary/aromatic N) is 4. The molecule has 0 saturated carbocycles. The number of carbonyl (C=O) groups is 1. The zero-order valence-electron chi connectivity index (χ0n) is 16.8. The summed E-state index contributed by atoms with van der Waals surface area (Å²) in [4.78, 5) is 25.0. The summed E-state index contributed by atoms with van der Waals surface area (Å²) >= 11 is 5.16. The second kappa shape index (κ2) is 7.70. The molecule has 0 fully saturated rings. The average molecular weight is 418 g/mol. The van der Waals surface area contributed by atoms with E-state index in [9.17, 15) is 14.7 Å². The van der Waals surface area contributed by atoms with Crippen LogP contribution in [0.2, 0.25) is 0 Å². The number of ether oxygens (including phenoxy) is 2. The van der Waals surface area contributed by atoms with Gasteiger partial charge in [-0.25, -0.2) is 5.01 Å². The zero-order valence-corrected chi connectivity index (χ0v) is 17.6. The molecule has 9 nitrogen and oxygen atoms in total.